The second kappa shape index (κ2) is 28.3. The highest BCUT2D eigenvalue weighted by Gasteiger charge is 2.51. The Bertz CT molecular complexity index is 1640. The first kappa shape index (κ1) is 57.1. The summed E-state index contributed by atoms with van der Waals surface area (Å²) in [6, 6.07) is -1.13. The maximum Gasteiger partial charge on any atom is 0.313 e. The molecule has 2 fully saturated rings. The normalized spacial score (nSPS) is 41.8. The number of hydrogen-bond donors (Lipinski definition) is 11. The highest BCUT2D eigenvalue weighted by Crippen LogP contribution is 2.38. The second-order valence-corrected chi connectivity index (χ2v) is 18.0. The van der Waals surface area contributed by atoms with Crippen LogP contribution in [0.25, 0.3) is 0 Å². The topological polar surface area (TPSA) is 309 Å². The lowest BCUT2D eigenvalue weighted by Gasteiger charge is -2.45. The molecule has 0 aromatic heterocycles. The highest BCUT2D eigenvalue weighted by molar-refractivity contribution is 5.74. The molecule has 376 valence electrons. The summed E-state index contributed by atoms with van der Waals surface area (Å²) in [6.07, 6.45) is 3.32. The van der Waals surface area contributed by atoms with E-state index in [-0.39, 0.29) is 38.0 Å². The van der Waals surface area contributed by atoms with Crippen LogP contribution in [0.15, 0.2) is 72.9 Å². The van der Waals surface area contributed by atoms with Crippen molar-refractivity contribution in [3.63, 3.8) is 0 Å². The van der Waals surface area contributed by atoms with Crippen LogP contribution in [0.5, 0.6) is 0 Å². The van der Waals surface area contributed by atoms with E-state index in [0.717, 1.165) is 20.0 Å². The van der Waals surface area contributed by atoms with Crippen molar-refractivity contribution in [2.75, 3.05) is 7.11 Å². The first-order valence-electron chi connectivity index (χ1n) is 23.0. The summed E-state index contributed by atoms with van der Waals surface area (Å²) in [5.41, 5.74) is 6.06. The standard InChI is InChI=1S/C48H77NO17/c1-28-18-16-14-12-10-8-6-7-9-11-13-15-17-19-35(65-47-45(59)42(49)44(58)31(4)64-47)25-39-41(46(60)62-5)38(55)27-48(61,66-39)26-37(54)36(53)21-20-32(50)22-33(51)23-34(52)24-40(56)63-30(3)29(2)43(28)57/h6-7,9,11-19,28-39,41-45,47,50-55,57-59,61H,8,10,20-27,49H2,1-5H3/t28-,29-,30-,31+,32+,33+,34+,35-,36+,37+,38-,39-,41+,42-,43+,44+,45-,47-,48+/m0/s1. The zero-order valence-corrected chi connectivity index (χ0v) is 38.8. The fraction of sp³-hybridized carbons (Fsp3) is 0.708. The Balaban J connectivity index is 1.86. The van der Waals surface area contributed by atoms with Gasteiger partial charge in [0.2, 0.25) is 0 Å². The van der Waals surface area contributed by atoms with E-state index in [1.807, 2.05) is 49.5 Å². The lowest BCUT2D eigenvalue weighted by molar-refractivity contribution is -0.310. The number of methoxy groups -OCH3 is 1. The van der Waals surface area contributed by atoms with E-state index < -0.39 is 141 Å². The summed E-state index contributed by atoms with van der Waals surface area (Å²) in [6.45, 7) is 6.82. The minimum absolute atomic E-state index is 0.120. The van der Waals surface area contributed by atoms with Crippen molar-refractivity contribution in [1.29, 1.82) is 0 Å². The molecule has 0 unspecified atom stereocenters. The molecule has 18 heteroatoms. The number of esters is 2. The quantitative estimate of drug-likeness (QED) is 0.176. The minimum Gasteiger partial charge on any atom is -0.469 e. The van der Waals surface area contributed by atoms with Crippen LogP contribution in [0, 0.1) is 17.8 Å². The zero-order chi connectivity index (χ0) is 49.1. The molecule has 2 saturated heterocycles. The predicted molar refractivity (Wildman–Crippen MR) is 241 cm³/mol. The number of ether oxygens (including phenoxy) is 5. The van der Waals surface area contributed by atoms with E-state index in [9.17, 15) is 60.7 Å². The van der Waals surface area contributed by atoms with Crippen molar-refractivity contribution in [3.8, 4) is 0 Å². The van der Waals surface area contributed by atoms with Gasteiger partial charge in [0, 0.05) is 31.1 Å². The van der Waals surface area contributed by atoms with Gasteiger partial charge in [-0.3, -0.25) is 9.59 Å². The van der Waals surface area contributed by atoms with Gasteiger partial charge in [-0.15, -0.1) is 0 Å². The number of aliphatic hydroxyl groups excluding tert-OH is 9. The number of fused-ring (bicyclic) bond motifs is 2. The van der Waals surface area contributed by atoms with Crippen molar-refractivity contribution in [3.05, 3.63) is 72.9 Å². The minimum atomic E-state index is -2.30. The maximum absolute atomic E-state index is 13.1. The van der Waals surface area contributed by atoms with Gasteiger partial charge < -0.3 is 80.5 Å². The van der Waals surface area contributed by atoms with Gasteiger partial charge in [0.25, 0.3) is 0 Å². The van der Waals surface area contributed by atoms with E-state index in [4.69, 9.17) is 29.4 Å². The van der Waals surface area contributed by atoms with Gasteiger partial charge >= 0.3 is 11.9 Å². The van der Waals surface area contributed by atoms with Crippen LogP contribution in [0.4, 0.5) is 0 Å². The summed E-state index contributed by atoms with van der Waals surface area (Å²) < 4.78 is 28.4. The van der Waals surface area contributed by atoms with Crippen molar-refractivity contribution < 1.29 is 84.3 Å². The van der Waals surface area contributed by atoms with Gasteiger partial charge in [-0.2, -0.15) is 0 Å². The molecule has 0 amide bonds. The fourth-order valence-electron chi connectivity index (χ4n) is 8.23. The molecule has 18 nitrogen and oxygen atoms in total. The molecule has 0 aliphatic carbocycles. The van der Waals surface area contributed by atoms with E-state index >= 15 is 0 Å². The molecule has 0 aromatic carbocycles. The number of carbonyl (C=O) groups is 2. The van der Waals surface area contributed by atoms with Crippen molar-refractivity contribution in [1.82, 2.24) is 0 Å². The van der Waals surface area contributed by atoms with Crippen molar-refractivity contribution in [2.24, 2.45) is 23.5 Å². The van der Waals surface area contributed by atoms with Crippen LogP contribution in [0.3, 0.4) is 0 Å². The molecule has 0 spiro atoms. The van der Waals surface area contributed by atoms with Crippen LogP contribution in [-0.2, 0) is 33.3 Å². The molecule has 19 atom stereocenters. The number of carbonyl (C=O) groups excluding carboxylic acids is 2. The van der Waals surface area contributed by atoms with Crippen LogP contribution in [-0.4, -0.2) is 168 Å². The largest absolute Gasteiger partial charge is 0.469 e. The maximum atomic E-state index is 13.1. The van der Waals surface area contributed by atoms with E-state index in [2.05, 4.69) is 0 Å². The molecular weight excluding hydrogens is 863 g/mol. The summed E-state index contributed by atoms with van der Waals surface area (Å²) in [5, 5.41) is 109. The van der Waals surface area contributed by atoms with E-state index in [0.29, 0.717) is 0 Å². The van der Waals surface area contributed by atoms with Crippen LogP contribution in [0.1, 0.15) is 91.9 Å². The number of rotatable bonds is 3. The molecule has 3 aliphatic heterocycles. The van der Waals surface area contributed by atoms with Gasteiger partial charge in [-0.05, 0) is 52.4 Å². The molecule has 3 aliphatic rings. The average Bonchev–Trinajstić information content (AvgIpc) is 3.24. The van der Waals surface area contributed by atoms with Crippen molar-refractivity contribution in [2.45, 2.75) is 189 Å². The molecule has 3 rings (SSSR count). The molecule has 0 saturated carbocycles. The Morgan fingerprint density at radius 3 is 1.95 bits per heavy atom. The number of cyclic esters (lactones) is 1. The monoisotopic (exact) mass is 940 g/mol. The van der Waals surface area contributed by atoms with Gasteiger partial charge in [-0.25, -0.2) is 0 Å². The van der Waals surface area contributed by atoms with Gasteiger partial charge in [-0.1, -0.05) is 86.8 Å². The molecule has 66 heavy (non-hydrogen) atoms. The average molecular weight is 940 g/mol. The van der Waals surface area contributed by atoms with Crippen LogP contribution < -0.4 is 5.73 Å². The van der Waals surface area contributed by atoms with Crippen LogP contribution in [0.2, 0.25) is 0 Å². The van der Waals surface area contributed by atoms with Crippen molar-refractivity contribution >= 4 is 11.9 Å². The summed E-state index contributed by atoms with van der Waals surface area (Å²) in [4.78, 5) is 25.7. The molecular formula is C48H77NO17. The SMILES string of the molecule is COC(=O)[C@H]1[C@@H]2C[C@@H](O[C@@H]3O[C@H](C)[C@@H](O)[C@H](N)[C@@H]3O)C=CC=CC=CC=CCCC=CC=C[C@H](C)[C@@H](O)[C@@H](C)[C@H](C)OC(=O)C[C@H](O)C[C@H](O)C[C@H](O)CC[C@@H](O)[C@H](O)C[C@](O)(C[C@@H]1O)O2. The second-order valence-electron chi connectivity index (χ2n) is 18.0. The molecule has 3 heterocycles. The third kappa shape index (κ3) is 18.7. The summed E-state index contributed by atoms with van der Waals surface area (Å²) >= 11 is 0. The molecule has 0 radical (unpaired) electrons. The lowest BCUT2D eigenvalue weighted by atomic mass is 9.82. The Morgan fingerprint density at radius 2 is 1.29 bits per heavy atom. The Morgan fingerprint density at radius 1 is 0.697 bits per heavy atom. The Labute approximate surface area is 388 Å². The van der Waals surface area contributed by atoms with E-state index in [1.54, 1.807) is 51.2 Å². The summed E-state index contributed by atoms with van der Waals surface area (Å²) in [7, 11) is 1.12. The predicted octanol–water partition coefficient (Wildman–Crippen LogP) is 1.02. The molecule has 12 N–H and O–H groups in total. The number of allylic oxidation sites excluding steroid dienone is 10. The summed E-state index contributed by atoms with van der Waals surface area (Å²) in [5.74, 6) is -5.93. The smallest absolute Gasteiger partial charge is 0.313 e. The van der Waals surface area contributed by atoms with E-state index in [1.165, 1.54) is 0 Å². The molecule has 2 bridgehead atoms. The van der Waals surface area contributed by atoms with Gasteiger partial charge in [0.05, 0.1) is 86.7 Å². The van der Waals surface area contributed by atoms with Crippen LogP contribution >= 0.6 is 0 Å². The third-order valence-corrected chi connectivity index (χ3v) is 12.4. The number of hydrogen-bond acceptors (Lipinski definition) is 18. The number of aliphatic hydroxyl groups is 10. The molecule has 0 aromatic rings. The first-order chi connectivity index (χ1) is 31.2. The van der Waals surface area contributed by atoms with Gasteiger partial charge in [0.15, 0.2) is 12.1 Å². The van der Waals surface area contributed by atoms with Gasteiger partial charge in [0.1, 0.15) is 18.1 Å². The number of nitrogens with two attached hydrogens (primary N) is 1. The highest BCUT2D eigenvalue weighted by atomic mass is 16.7. The Hall–Kier alpha value is -3.18. The Kier molecular flexibility index (Phi) is 24.5. The first-order valence-corrected chi connectivity index (χ1v) is 23.0. The zero-order valence-electron chi connectivity index (χ0n) is 38.8. The third-order valence-electron chi connectivity index (χ3n) is 12.4. The fourth-order valence-corrected chi connectivity index (χ4v) is 8.23. The lowest BCUT2D eigenvalue weighted by Crippen LogP contribution is -2.61.